The van der Waals surface area contributed by atoms with Crippen LogP contribution < -0.4 is 5.32 Å². The normalized spacial score (nSPS) is 25.8. The maximum absolute atomic E-state index is 14.0. The molecule has 2 aromatic rings. The molecule has 3 aliphatic heterocycles. The van der Waals surface area contributed by atoms with Crippen molar-refractivity contribution in [2.24, 2.45) is 4.99 Å². The molecule has 212 valence electrons. The summed E-state index contributed by atoms with van der Waals surface area (Å²) in [5.41, 5.74) is 1.23. The van der Waals surface area contributed by atoms with Crippen LogP contribution in [-0.2, 0) is 19.1 Å². The minimum absolute atomic E-state index is 0.0259. The van der Waals surface area contributed by atoms with E-state index in [1.165, 1.54) is 56.6 Å². The lowest BCUT2D eigenvalue weighted by Gasteiger charge is -2.43. The molecule has 0 bridgehead atoms. The Morgan fingerprint density at radius 1 is 1.20 bits per heavy atom. The van der Waals surface area contributed by atoms with Gasteiger partial charge in [0.15, 0.2) is 10.8 Å². The highest BCUT2D eigenvalue weighted by atomic mass is 35.5. The lowest BCUT2D eigenvalue weighted by Crippen LogP contribution is -2.62. The number of aromatic nitrogens is 1. The molecule has 1 aromatic carbocycles. The number of methoxy groups -OCH3 is 2. The summed E-state index contributed by atoms with van der Waals surface area (Å²) in [4.78, 5) is 42.6. The second-order valence-corrected chi connectivity index (χ2v) is 11.7. The van der Waals surface area contributed by atoms with Gasteiger partial charge in [0, 0.05) is 66.1 Å². The number of hydrogen-bond donors (Lipinski definition) is 1. The molecule has 1 aromatic heterocycles. The maximum atomic E-state index is 14.0. The van der Waals surface area contributed by atoms with Gasteiger partial charge < -0.3 is 14.8 Å². The van der Waals surface area contributed by atoms with Crippen molar-refractivity contribution in [2.75, 3.05) is 47.1 Å². The largest absolute Gasteiger partial charge is 0.468 e. The number of amidine groups is 1. The van der Waals surface area contributed by atoms with Crippen LogP contribution in [0.15, 0.2) is 46.0 Å². The number of hydrogen-bond acceptors (Lipinski definition) is 11. The van der Waals surface area contributed by atoms with E-state index in [-0.39, 0.29) is 29.2 Å². The molecule has 0 spiro atoms. The number of carbonyl (C=O) groups excluding carboxylic acids is 2. The highest BCUT2D eigenvalue weighted by molar-refractivity contribution is 7.11. The van der Waals surface area contributed by atoms with Crippen molar-refractivity contribution in [3.8, 4) is 0 Å². The van der Waals surface area contributed by atoms with Crippen molar-refractivity contribution >= 4 is 40.7 Å². The monoisotopic (exact) mass is 588 g/mol. The molecular formula is C27H30ClFN6O4S. The Balaban J connectivity index is 1.40. The van der Waals surface area contributed by atoms with Gasteiger partial charge in [-0.2, -0.15) is 0 Å². The topological polar surface area (TPSA) is 99.6 Å². The molecule has 1 aliphatic carbocycles. The molecule has 4 aliphatic rings. The van der Waals surface area contributed by atoms with Crippen LogP contribution in [0.4, 0.5) is 4.39 Å². The standard InChI is InChI=1S/C27H30ClFN6O4S/c1-38-26(36)21-19(12-33-8-9-34-14-35(16-4-5-16)13-20(34)23(33)27(37)39-2)31-24(25-30-7-10-40-25)32-22(21)17-6-3-15(29)11-18(17)28/h3,6-7,10-11,16,20,22-23H,4-5,8-9,12-14H2,1-2H3,(H,31,32)/t20-,22+,23+/m1/s1. The van der Waals surface area contributed by atoms with Crippen molar-refractivity contribution in [3.05, 3.63) is 62.5 Å². The van der Waals surface area contributed by atoms with E-state index in [4.69, 9.17) is 26.1 Å². The minimum atomic E-state index is -0.870. The number of rotatable bonds is 7. The van der Waals surface area contributed by atoms with Crippen LogP contribution in [0.25, 0.3) is 0 Å². The minimum Gasteiger partial charge on any atom is -0.468 e. The van der Waals surface area contributed by atoms with Crippen molar-refractivity contribution < 1.29 is 23.5 Å². The number of nitrogens with zero attached hydrogens (tertiary/aromatic N) is 5. The van der Waals surface area contributed by atoms with Gasteiger partial charge >= 0.3 is 11.9 Å². The number of nitrogens with one attached hydrogen (secondary N) is 1. The summed E-state index contributed by atoms with van der Waals surface area (Å²) in [7, 11) is 2.71. The van der Waals surface area contributed by atoms with Gasteiger partial charge in [0.25, 0.3) is 0 Å². The number of esters is 2. The fraction of sp³-hybridized carbons (Fsp3) is 0.481. The van der Waals surface area contributed by atoms with Gasteiger partial charge in [-0.05, 0) is 25.0 Å². The Morgan fingerprint density at radius 2 is 2.02 bits per heavy atom. The number of ether oxygens (including phenoxy) is 2. The Hall–Kier alpha value is -2.90. The van der Waals surface area contributed by atoms with Gasteiger partial charge in [-0.1, -0.05) is 17.7 Å². The average Bonchev–Trinajstić information content (AvgIpc) is 3.47. The van der Waals surface area contributed by atoms with Gasteiger partial charge in [-0.15, -0.1) is 11.3 Å². The maximum Gasteiger partial charge on any atom is 0.338 e. The summed E-state index contributed by atoms with van der Waals surface area (Å²) in [6, 6.07) is 3.18. The van der Waals surface area contributed by atoms with Crippen LogP contribution in [0.2, 0.25) is 5.02 Å². The molecule has 3 fully saturated rings. The van der Waals surface area contributed by atoms with Crippen molar-refractivity contribution in [1.29, 1.82) is 0 Å². The van der Waals surface area contributed by atoms with E-state index in [0.29, 0.717) is 34.7 Å². The summed E-state index contributed by atoms with van der Waals surface area (Å²) in [5.74, 6) is -0.942. The Morgan fingerprint density at radius 3 is 2.70 bits per heavy atom. The predicted molar refractivity (Wildman–Crippen MR) is 147 cm³/mol. The predicted octanol–water partition coefficient (Wildman–Crippen LogP) is 2.42. The molecule has 4 heterocycles. The van der Waals surface area contributed by atoms with Gasteiger partial charge in [0.2, 0.25) is 0 Å². The van der Waals surface area contributed by atoms with Crippen molar-refractivity contribution in [3.63, 3.8) is 0 Å². The summed E-state index contributed by atoms with van der Waals surface area (Å²) in [6.45, 7) is 3.24. The van der Waals surface area contributed by atoms with E-state index in [1.807, 2.05) is 5.38 Å². The SMILES string of the molecule is COC(=O)C1=C(CN2CCN3CN(C4CC4)C[C@@H]3[C@H]2C(=O)OC)NC(c2nccs2)=N[C@H]1c1ccc(F)cc1Cl. The molecule has 3 atom stereocenters. The van der Waals surface area contributed by atoms with E-state index in [0.717, 1.165) is 19.8 Å². The van der Waals surface area contributed by atoms with E-state index < -0.39 is 23.9 Å². The van der Waals surface area contributed by atoms with Crippen LogP contribution >= 0.6 is 22.9 Å². The average molecular weight is 589 g/mol. The molecule has 6 rings (SSSR count). The second kappa shape index (κ2) is 11.2. The van der Waals surface area contributed by atoms with Gasteiger partial charge in [0.1, 0.15) is 17.9 Å². The summed E-state index contributed by atoms with van der Waals surface area (Å²) < 4.78 is 24.4. The zero-order valence-electron chi connectivity index (χ0n) is 22.2. The first kappa shape index (κ1) is 27.3. The fourth-order valence-corrected chi connectivity index (χ4v) is 6.77. The first-order chi connectivity index (χ1) is 19.4. The Bertz CT molecular complexity index is 1370. The lowest BCUT2D eigenvalue weighted by atomic mass is 9.94. The smallest absolute Gasteiger partial charge is 0.338 e. The lowest BCUT2D eigenvalue weighted by molar-refractivity contribution is -0.151. The van der Waals surface area contributed by atoms with Crippen LogP contribution in [0.1, 0.15) is 29.5 Å². The number of aliphatic imine (C=N–C) groups is 1. The number of fused-ring (bicyclic) bond motifs is 1. The number of thiazole rings is 1. The van der Waals surface area contributed by atoms with Gasteiger partial charge in [-0.25, -0.2) is 14.2 Å². The first-order valence-electron chi connectivity index (χ1n) is 13.2. The number of benzene rings is 1. The molecule has 10 nitrogen and oxygen atoms in total. The van der Waals surface area contributed by atoms with Crippen LogP contribution in [0, 0.1) is 5.82 Å². The number of halogens is 2. The highest BCUT2D eigenvalue weighted by Crippen LogP contribution is 2.38. The zero-order chi connectivity index (χ0) is 28.0. The van der Waals surface area contributed by atoms with Crippen LogP contribution in [-0.4, -0.2) is 103 Å². The molecule has 13 heteroatoms. The molecule has 0 radical (unpaired) electrons. The highest BCUT2D eigenvalue weighted by Gasteiger charge is 2.49. The molecule has 1 saturated carbocycles. The van der Waals surface area contributed by atoms with E-state index in [1.54, 1.807) is 6.20 Å². The third-order valence-electron chi connectivity index (χ3n) is 7.98. The third kappa shape index (κ3) is 5.14. The second-order valence-electron chi connectivity index (χ2n) is 10.4. The number of piperazine rings is 1. The van der Waals surface area contributed by atoms with Crippen LogP contribution in [0.3, 0.4) is 0 Å². The van der Waals surface area contributed by atoms with E-state index >= 15 is 0 Å². The van der Waals surface area contributed by atoms with Crippen molar-refractivity contribution in [2.45, 2.75) is 37.0 Å². The quantitative estimate of drug-likeness (QED) is 0.489. The molecule has 2 saturated heterocycles. The first-order valence-corrected chi connectivity index (χ1v) is 14.4. The fourth-order valence-electron chi connectivity index (χ4n) is 5.91. The van der Waals surface area contributed by atoms with E-state index in [9.17, 15) is 14.0 Å². The molecular weight excluding hydrogens is 559 g/mol. The molecule has 40 heavy (non-hydrogen) atoms. The van der Waals surface area contributed by atoms with Crippen molar-refractivity contribution in [1.82, 2.24) is 25.0 Å². The summed E-state index contributed by atoms with van der Waals surface area (Å²) >= 11 is 7.87. The number of carbonyl (C=O) groups is 2. The molecule has 1 N–H and O–H groups in total. The Labute approximate surface area is 240 Å². The molecule has 0 amide bonds. The Kier molecular flexibility index (Phi) is 7.62. The summed E-state index contributed by atoms with van der Waals surface area (Å²) in [5, 5.41) is 5.91. The van der Waals surface area contributed by atoms with Gasteiger partial charge in [-0.3, -0.25) is 24.5 Å². The third-order valence-corrected chi connectivity index (χ3v) is 9.08. The van der Waals surface area contributed by atoms with Crippen LogP contribution in [0.5, 0.6) is 0 Å². The zero-order valence-corrected chi connectivity index (χ0v) is 23.8. The molecule has 0 unspecified atom stereocenters. The summed E-state index contributed by atoms with van der Waals surface area (Å²) in [6.07, 6.45) is 4.05. The van der Waals surface area contributed by atoms with E-state index in [2.05, 4.69) is 25.0 Å². The van der Waals surface area contributed by atoms with Gasteiger partial charge in [0.05, 0.1) is 26.5 Å².